The Morgan fingerprint density at radius 3 is 2.33 bits per heavy atom. The predicted molar refractivity (Wildman–Crippen MR) is 81.4 cm³/mol. The lowest BCUT2D eigenvalue weighted by Crippen LogP contribution is -2.13. The van der Waals surface area contributed by atoms with E-state index in [9.17, 15) is 9.90 Å². The Morgan fingerprint density at radius 2 is 1.81 bits per heavy atom. The Labute approximate surface area is 123 Å². The van der Waals surface area contributed by atoms with E-state index in [4.69, 9.17) is 10.5 Å². The number of amides is 1. The van der Waals surface area contributed by atoms with Gasteiger partial charge in [0.2, 0.25) is 5.91 Å². The van der Waals surface area contributed by atoms with Crippen LogP contribution in [0.2, 0.25) is 0 Å². The Kier molecular flexibility index (Phi) is 4.79. The number of aliphatic hydroxyl groups is 1. The van der Waals surface area contributed by atoms with Crippen molar-refractivity contribution >= 4 is 11.6 Å². The number of primary amides is 1. The lowest BCUT2D eigenvalue weighted by Gasteiger charge is -2.13. The average Bonchev–Trinajstić information content (AvgIpc) is 2.53. The maximum absolute atomic E-state index is 11.0. The molecule has 0 aliphatic heterocycles. The first-order chi connectivity index (χ1) is 10.1. The van der Waals surface area contributed by atoms with Crippen molar-refractivity contribution in [3.63, 3.8) is 0 Å². The molecule has 0 fully saturated rings. The summed E-state index contributed by atoms with van der Waals surface area (Å²) >= 11 is 0. The van der Waals surface area contributed by atoms with Crippen LogP contribution in [0.4, 0.5) is 5.69 Å². The number of carbonyl (C=O) groups excluding carboxylic acids is 1. The van der Waals surface area contributed by atoms with Gasteiger partial charge in [-0.15, -0.1) is 0 Å². The third-order valence-electron chi connectivity index (χ3n) is 3.17. The number of anilines is 1. The van der Waals surface area contributed by atoms with Crippen LogP contribution < -0.4 is 15.8 Å². The first kappa shape index (κ1) is 14.9. The van der Waals surface area contributed by atoms with E-state index in [1.807, 2.05) is 12.1 Å². The number of ether oxygens (including phenoxy) is 1. The van der Waals surface area contributed by atoms with Crippen molar-refractivity contribution in [2.75, 3.05) is 19.0 Å². The minimum absolute atomic E-state index is 0.363. The number of carbonyl (C=O) groups is 1. The van der Waals surface area contributed by atoms with Crippen LogP contribution in [0.3, 0.4) is 0 Å². The molecule has 1 atom stereocenters. The van der Waals surface area contributed by atoms with Crippen LogP contribution in [0, 0.1) is 0 Å². The van der Waals surface area contributed by atoms with E-state index in [1.165, 1.54) is 0 Å². The number of nitrogens with one attached hydrogen (secondary N) is 1. The van der Waals surface area contributed by atoms with Crippen LogP contribution in [0.5, 0.6) is 5.75 Å². The van der Waals surface area contributed by atoms with Crippen LogP contribution >= 0.6 is 0 Å². The van der Waals surface area contributed by atoms with Crippen LogP contribution in [-0.2, 0) is 0 Å². The van der Waals surface area contributed by atoms with Gasteiger partial charge in [-0.1, -0.05) is 12.1 Å². The van der Waals surface area contributed by atoms with Crippen molar-refractivity contribution in [1.29, 1.82) is 0 Å². The second-order valence-electron chi connectivity index (χ2n) is 4.61. The average molecular weight is 286 g/mol. The minimum atomic E-state index is -0.633. The lowest BCUT2D eigenvalue weighted by atomic mass is 10.1. The smallest absolute Gasteiger partial charge is 0.248 e. The van der Waals surface area contributed by atoms with Crippen LogP contribution in [0.1, 0.15) is 22.0 Å². The highest BCUT2D eigenvalue weighted by atomic mass is 16.5. The van der Waals surface area contributed by atoms with E-state index in [1.54, 1.807) is 43.5 Å². The highest BCUT2D eigenvalue weighted by molar-refractivity contribution is 5.93. The van der Waals surface area contributed by atoms with Crippen LogP contribution in [0.25, 0.3) is 0 Å². The Balaban J connectivity index is 1.93. The van der Waals surface area contributed by atoms with Gasteiger partial charge >= 0.3 is 0 Å². The summed E-state index contributed by atoms with van der Waals surface area (Å²) < 4.78 is 5.07. The van der Waals surface area contributed by atoms with Crippen molar-refractivity contribution in [2.24, 2.45) is 5.73 Å². The molecule has 0 aliphatic rings. The van der Waals surface area contributed by atoms with Gasteiger partial charge < -0.3 is 20.9 Å². The maximum Gasteiger partial charge on any atom is 0.248 e. The molecule has 1 unspecified atom stereocenters. The zero-order valence-corrected chi connectivity index (χ0v) is 11.7. The Hall–Kier alpha value is -2.53. The fourth-order valence-electron chi connectivity index (χ4n) is 1.91. The summed E-state index contributed by atoms with van der Waals surface area (Å²) in [6.07, 6.45) is -0.633. The van der Waals surface area contributed by atoms with Gasteiger partial charge in [0.15, 0.2) is 0 Å². The quantitative estimate of drug-likeness (QED) is 0.757. The molecule has 0 spiro atoms. The van der Waals surface area contributed by atoms with E-state index in [-0.39, 0.29) is 0 Å². The van der Waals surface area contributed by atoms with E-state index in [0.29, 0.717) is 12.1 Å². The van der Waals surface area contributed by atoms with Gasteiger partial charge in [0.1, 0.15) is 5.75 Å². The van der Waals surface area contributed by atoms with E-state index < -0.39 is 12.0 Å². The maximum atomic E-state index is 11.0. The first-order valence-corrected chi connectivity index (χ1v) is 6.56. The number of hydrogen-bond acceptors (Lipinski definition) is 4. The molecule has 5 nitrogen and oxygen atoms in total. The number of aliphatic hydroxyl groups excluding tert-OH is 1. The van der Waals surface area contributed by atoms with E-state index >= 15 is 0 Å². The zero-order chi connectivity index (χ0) is 15.2. The molecule has 0 bridgehead atoms. The monoisotopic (exact) mass is 286 g/mol. The van der Waals surface area contributed by atoms with E-state index in [0.717, 1.165) is 17.0 Å². The van der Waals surface area contributed by atoms with Gasteiger partial charge in [-0.05, 0) is 42.0 Å². The molecule has 2 aromatic rings. The van der Waals surface area contributed by atoms with Gasteiger partial charge in [0.05, 0.1) is 13.2 Å². The molecule has 0 saturated carbocycles. The zero-order valence-electron chi connectivity index (χ0n) is 11.7. The second-order valence-corrected chi connectivity index (χ2v) is 4.61. The molecule has 2 rings (SSSR count). The lowest BCUT2D eigenvalue weighted by molar-refractivity contribution is 0.100. The Morgan fingerprint density at radius 1 is 1.19 bits per heavy atom. The summed E-state index contributed by atoms with van der Waals surface area (Å²) in [7, 11) is 1.60. The molecular weight excluding hydrogens is 268 g/mol. The molecule has 4 N–H and O–H groups in total. The molecule has 0 heterocycles. The summed E-state index contributed by atoms with van der Waals surface area (Å²) in [5.41, 5.74) is 7.25. The third-order valence-corrected chi connectivity index (χ3v) is 3.17. The molecule has 5 heteroatoms. The summed E-state index contributed by atoms with van der Waals surface area (Å²) in [5, 5.41) is 13.2. The predicted octanol–water partition coefficient (Wildman–Crippen LogP) is 1.94. The summed E-state index contributed by atoms with van der Waals surface area (Å²) in [4.78, 5) is 11.0. The SMILES string of the molecule is COc1ccc(C(O)CNc2ccc(C(N)=O)cc2)cc1. The molecule has 0 aromatic heterocycles. The van der Waals surface area contributed by atoms with Crippen molar-refractivity contribution in [3.05, 3.63) is 59.7 Å². The highest BCUT2D eigenvalue weighted by Crippen LogP contribution is 2.18. The van der Waals surface area contributed by atoms with Gasteiger partial charge in [0.25, 0.3) is 0 Å². The molecule has 110 valence electrons. The standard InChI is InChI=1S/C16H18N2O3/c1-21-14-8-4-11(5-9-14)15(19)10-18-13-6-2-12(3-7-13)16(17)20/h2-9,15,18-19H,10H2,1H3,(H2,17,20). The number of benzene rings is 2. The summed E-state index contributed by atoms with van der Waals surface area (Å²) in [5.74, 6) is 0.292. The van der Waals surface area contributed by atoms with Gasteiger partial charge in [-0.25, -0.2) is 0 Å². The fraction of sp³-hybridized carbons (Fsp3) is 0.188. The molecule has 2 aromatic carbocycles. The van der Waals surface area contributed by atoms with Crippen LogP contribution in [0.15, 0.2) is 48.5 Å². The number of rotatable bonds is 6. The normalized spacial score (nSPS) is 11.7. The van der Waals surface area contributed by atoms with Gasteiger partial charge in [-0.3, -0.25) is 4.79 Å². The molecule has 0 saturated heterocycles. The van der Waals surface area contributed by atoms with Crippen LogP contribution in [-0.4, -0.2) is 24.7 Å². The molecule has 1 amide bonds. The third kappa shape index (κ3) is 3.97. The summed E-state index contributed by atoms with van der Waals surface area (Å²) in [6, 6.07) is 14.0. The van der Waals surface area contributed by atoms with Crippen molar-refractivity contribution < 1.29 is 14.6 Å². The fourth-order valence-corrected chi connectivity index (χ4v) is 1.91. The Bertz CT molecular complexity index is 594. The summed E-state index contributed by atoms with van der Waals surface area (Å²) in [6.45, 7) is 0.363. The highest BCUT2D eigenvalue weighted by Gasteiger charge is 2.07. The van der Waals surface area contributed by atoms with Crippen molar-refractivity contribution in [3.8, 4) is 5.75 Å². The van der Waals surface area contributed by atoms with Gasteiger partial charge in [0, 0.05) is 17.8 Å². The van der Waals surface area contributed by atoms with Gasteiger partial charge in [-0.2, -0.15) is 0 Å². The first-order valence-electron chi connectivity index (χ1n) is 6.56. The molecule has 21 heavy (non-hydrogen) atoms. The van der Waals surface area contributed by atoms with Crippen molar-refractivity contribution in [2.45, 2.75) is 6.10 Å². The number of nitrogens with two attached hydrogens (primary N) is 1. The minimum Gasteiger partial charge on any atom is -0.497 e. The largest absolute Gasteiger partial charge is 0.497 e. The number of methoxy groups -OCH3 is 1. The topological polar surface area (TPSA) is 84.6 Å². The molecule has 0 radical (unpaired) electrons. The second kappa shape index (κ2) is 6.76. The molecular formula is C16H18N2O3. The number of hydrogen-bond donors (Lipinski definition) is 3. The molecule has 0 aliphatic carbocycles. The van der Waals surface area contributed by atoms with Crippen molar-refractivity contribution in [1.82, 2.24) is 0 Å². The van der Waals surface area contributed by atoms with E-state index in [2.05, 4.69) is 5.32 Å².